The molecule has 0 aromatic carbocycles. The molecule has 1 aliphatic heterocycles. The summed E-state index contributed by atoms with van der Waals surface area (Å²) in [5, 5.41) is 4.02. The van der Waals surface area contributed by atoms with Gasteiger partial charge >= 0.3 is 5.97 Å². The summed E-state index contributed by atoms with van der Waals surface area (Å²) in [5.41, 5.74) is 0. The van der Waals surface area contributed by atoms with Crippen molar-refractivity contribution in [1.29, 1.82) is 0 Å². The lowest BCUT2D eigenvalue weighted by molar-refractivity contribution is -0.142. The second-order valence-corrected chi connectivity index (χ2v) is 5.40. The van der Waals surface area contributed by atoms with E-state index in [9.17, 15) is 4.79 Å². The highest BCUT2D eigenvalue weighted by Gasteiger charge is 2.31. The molecule has 0 spiro atoms. The van der Waals surface area contributed by atoms with Gasteiger partial charge in [-0.1, -0.05) is 18.2 Å². The molecule has 2 aliphatic rings. The lowest BCUT2D eigenvalue weighted by Crippen LogP contribution is -2.40. The molecule has 1 fully saturated rings. The third kappa shape index (κ3) is 2.51. The number of fused-ring (bicyclic) bond motifs is 1. The molecule has 0 amide bonds. The van der Waals surface area contributed by atoms with Crippen molar-refractivity contribution in [3.05, 3.63) is 0 Å². The predicted octanol–water partition coefficient (Wildman–Crippen LogP) is 1.41. The molecule has 16 heavy (non-hydrogen) atoms. The van der Waals surface area contributed by atoms with Crippen molar-refractivity contribution in [1.82, 2.24) is 5.32 Å². The van der Waals surface area contributed by atoms with Gasteiger partial charge in [-0.3, -0.25) is 4.99 Å². The van der Waals surface area contributed by atoms with E-state index in [4.69, 9.17) is 0 Å². The van der Waals surface area contributed by atoms with Crippen LogP contribution in [0.1, 0.15) is 26.2 Å². The van der Waals surface area contributed by atoms with Gasteiger partial charge in [0, 0.05) is 5.75 Å². The van der Waals surface area contributed by atoms with Crippen LogP contribution in [-0.2, 0) is 9.53 Å². The zero-order valence-corrected chi connectivity index (χ0v) is 10.5. The number of ether oxygens (including phenoxy) is 1. The fraction of sp³-hybridized carbons (Fsp3) is 0.818. The number of hydrogen-bond donors (Lipinski definition) is 1. The Labute approximate surface area is 100 Å². The summed E-state index contributed by atoms with van der Waals surface area (Å²) in [6.07, 6.45) is 3.79. The lowest BCUT2D eigenvalue weighted by Gasteiger charge is -2.24. The highest BCUT2D eigenvalue weighted by molar-refractivity contribution is 8.13. The Kier molecular flexibility index (Phi) is 3.74. The molecule has 1 heterocycles. The van der Waals surface area contributed by atoms with E-state index >= 15 is 0 Å². The van der Waals surface area contributed by atoms with E-state index in [0.29, 0.717) is 6.04 Å². The number of amidine groups is 1. The minimum absolute atomic E-state index is 0.239. The number of thioether (sulfide) groups is 1. The van der Waals surface area contributed by atoms with Gasteiger partial charge in [-0.15, -0.1) is 0 Å². The minimum atomic E-state index is -0.311. The Morgan fingerprint density at radius 1 is 1.62 bits per heavy atom. The second kappa shape index (κ2) is 5.08. The van der Waals surface area contributed by atoms with Crippen LogP contribution in [0, 0.1) is 5.92 Å². The molecule has 90 valence electrons. The van der Waals surface area contributed by atoms with E-state index in [1.807, 2.05) is 0 Å². The van der Waals surface area contributed by atoms with Crippen molar-refractivity contribution in [3.63, 3.8) is 0 Å². The number of carbonyl (C=O) groups excluding carboxylic acids is 1. The largest absolute Gasteiger partial charge is 0.467 e. The molecule has 4 nitrogen and oxygen atoms in total. The van der Waals surface area contributed by atoms with Gasteiger partial charge < -0.3 is 10.1 Å². The molecule has 2 rings (SSSR count). The maximum atomic E-state index is 11.3. The van der Waals surface area contributed by atoms with Gasteiger partial charge in [0.05, 0.1) is 13.2 Å². The van der Waals surface area contributed by atoms with Gasteiger partial charge in [0.25, 0.3) is 0 Å². The molecule has 1 N–H and O–H groups in total. The number of methoxy groups -OCH3 is 1. The Bertz CT molecular complexity index is 306. The molecule has 0 radical (unpaired) electrons. The average molecular weight is 242 g/mol. The standard InChI is InChI=1S/C11H18N2O2S/c1-7(10(14)15-2)12-11-13-9-5-3-4-8(9)6-16-11/h7-9H,3-6H2,1-2H3,(H,12,13). The van der Waals surface area contributed by atoms with E-state index in [0.717, 1.165) is 16.8 Å². The van der Waals surface area contributed by atoms with Crippen LogP contribution in [0.3, 0.4) is 0 Å². The van der Waals surface area contributed by atoms with E-state index < -0.39 is 0 Å². The smallest absolute Gasteiger partial charge is 0.328 e. The molecule has 0 aromatic heterocycles. The first-order chi connectivity index (χ1) is 7.70. The number of hydrogen-bond acceptors (Lipinski definition) is 5. The molecule has 1 aliphatic carbocycles. The van der Waals surface area contributed by atoms with E-state index in [1.54, 1.807) is 18.7 Å². The summed E-state index contributed by atoms with van der Waals surface area (Å²) in [6, 6.07) is 0.169. The third-order valence-corrected chi connectivity index (χ3v) is 4.32. The molecule has 0 aromatic rings. The molecule has 0 bridgehead atoms. The van der Waals surface area contributed by atoms with Crippen LogP contribution in [0.15, 0.2) is 4.99 Å². The maximum Gasteiger partial charge on any atom is 0.328 e. The topological polar surface area (TPSA) is 50.7 Å². The quantitative estimate of drug-likeness (QED) is 0.744. The van der Waals surface area contributed by atoms with Crippen molar-refractivity contribution in [2.75, 3.05) is 12.9 Å². The van der Waals surface area contributed by atoms with Crippen LogP contribution < -0.4 is 5.32 Å². The van der Waals surface area contributed by atoms with Crippen LogP contribution in [0.5, 0.6) is 0 Å². The highest BCUT2D eigenvalue weighted by atomic mass is 32.2. The van der Waals surface area contributed by atoms with Gasteiger partial charge in [0.2, 0.25) is 0 Å². The first-order valence-corrected chi connectivity index (χ1v) is 6.74. The van der Waals surface area contributed by atoms with Crippen molar-refractivity contribution in [2.45, 2.75) is 38.3 Å². The van der Waals surface area contributed by atoms with Crippen LogP contribution in [0.25, 0.3) is 0 Å². The van der Waals surface area contributed by atoms with Crippen LogP contribution in [0.2, 0.25) is 0 Å². The highest BCUT2D eigenvalue weighted by Crippen LogP contribution is 2.34. The first kappa shape index (κ1) is 11.8. The Morgan fingerprint density at radius 3 is 3.19 bits per heavy atom. The van der Waals surface area contributed by atoms with E-state index in [2.05, 4.69) is 15.0 Å². The van der Waals surface area contributed by atoms with Crippen LogP contribution >= 0.6 is 11.8 Å². The van der Waals surface area contributed by atoms with Crippen molar-refractivity contribution >= 4 is 22.9 Å². The number of esters is 1. The Balaban J connectivity index is 1.93. The third-order valence-electron chi connectivity index (χ3n) is 3.23. The van der Waals surface area contributed by atoms with Crippen molar-refractivity contribution in [3.8, 4) is 0 Å². The number of nitrogens with zero attached hydrogens (tertiary/aromatic N) is 1. The molecule has 5 heteroatoms. The summed E-state index contributed by atoms with van der Waals surface area (Å²) in [7, 11) is 1.41. The number of aliphatic imine (C=N–C) groups is 1. The summed E-state index contributed by atoms with van der Waals surface area (Å²) in [6.45, 7) is 1.80. The van der Waals surface area contributed by atoms with Gasteiger partial charge in [-0.05, 0) is 25.7 Å². The van der Waals surface area contributed by atoms with Crippen molar-refractivity contribution < 1.29 is 9.53 Å². The normalized spacial score (nSPS) is 30.2. The van der Waals surface area contributed by atoms with Crippen LogP contribution in [-0.4, -0.2) is 36.1 Å². The zero-order chi connectivity index (χ0) is 11.5. The lowest BCUT2D eigenvalue weighted by atomic mass is 10.1. The number of carbonyl (C=O) groups is 1. The SMILES string of the molecule is COC(=O)C(C)NC1=NC2CCCC2CS1. The predicted molar refractivity (Wildman–Crippen MR) is 65.6 cm³/mol. The van der Waals surface area contributed by atoms with E-state index in [-0.39, 0.29) is 12.0 Å². The Morgan fingerprint density at radius 2 is 2.44 bits per heavy atom. The number of rotatable bonds is 2. The summed E-state index contributed by atoms with van der Waals surface area (Å²) in [4.78, 5) is 15.9. The fourth-order valence-electron chi connectivity index (χ4n) is 2.26. The second-order valence-electron chi connectivity index (χ2n) is 4.39. The summed E-state index contributed by atoms with van der Waals surface area (Å²) >= 11 is 1.73. The average Bonchev–Trinajstić information content (AvgIpc) is 2.75. The monoisotopic (exact) mass is 242 g/mol. The summed E-state index contributed by atoms with van der Waals surface area (Å²) < 4.78 is 4.67. The molecular formula is C11H18N2O2S. The van der Waals surface area contributed by atoms with Gasteiger partial charge in [0.15, 0.2) is 5.17 Å². The number of nitrogens with one attached hydrogen (secondary N) is 1. The fourth-order valence-corrected chi connectivity index (χ4v) is 3.49. The zero-order valence-electron chi connectivity index (χ0n) is 9.73. The first-order valence-electron chi connectivity index (χ1n) is 5.75. The molecule has 3 atom stereocenters. The molecular weight excluding hydrogens is 224 g/mol. The van der Waals surface area contributed by atoms with Gasteiger partial charge in [-0.25, -0.2) is 4.79 Å². The van der Waals surface area contributed by atoms with E-state index in [1.165, 1.54) is 26.4 Å². The minimum Gasteiger partial charge on any atom is -0.467 e. The molecule has 1 saturated carbocycles. The Hall–Kier alpha value is -0.710. The summed E-state index contributed by atoms with van der Waals surface area (Å²) in [5.74, 6) is 1.64. The van der Waals surface area contributed by atoms with Gasteiger partial charge in [0.1, 0.15) is 6.04 Å². The van der Waals surface area contributed by atoms with Gasteiger partial charge in [-0.2, -0.15) is 0 Å². The van der Waals surface area contributed by atoms with Crippen LogP contribution in [0.4, 0.5) is 0 Å². The molecule has 0 saturated heterocycles. The van der Waals surface area contributed by atoms with Crippen molar-refractivity contribution in [2.24, 2.45) is 10.9 Å². The molecule has 3 unspecified atom stereocenters. The maximum absolute atomic E-state index is 11.3.